The van der Waals surface area contributed by atoms with Crippen LogP contribution in [0.1, 0.15) is 22.5 Å². The zero-order valence-corrected chi connectivity index (χ0v) is 17.9. The van der Waals surface area contributed by atoms with Gasteiger partial charge in [0.25, 0.3) is 0 Å². The van der Waals surface area contributed by atoms with Gasteiger partial charge in [-0.05, 0) is 32.9 Å². The fraction of sp³-hybridized carbons (Fsp3) is 0.444. The Hall–Kier alpha value is -1.77. The SMILES string of the molecule is CN=C(NCCOc1ccc(C)cc1)NCc1c(C)nn(C)c1C.I. The molecule has 138 valence electrons. The van der Waals surface area contributed by atoms with E-state index in [0.717, 1.165) is 23.1 Å². The second-order valence-electron chi connectivity index (χ2n) is 5.79. The molecule has 2 rings (SSSR count). The molecule has 7 heteroatoms. The number of rotatable bonds is 6. The highest BCUT2D eigenvalue weighted by Gasteiger charge is 2.09. The second-order valence-corrected chi connectivity index (χ2v) is 5.79. The van der Waals surface area contributed by atoms with E-state index < -0.39 is 0 Å². The van der Waals surface area contributed by atoms with Crippen molar-refractivity contribution >= 4 is 29.9 Å². The first kappa shape index (κ1) is 21.3. The lowest BCUT2D eigenvalue weighted by Gasteiger charge is -2.13. The van der Waals surface area contributed by atoms with Gasteiger partial charge < -0.3 is 15.4 Å². The lowest BCUT2D eigenvalue weighted by molar-refractivity contribution is 0.322. The minimum atomic E-state index is 0. The van der Waals surface area contributed by atoms with Gasteiger partial charge in [-0.15, -0.1) is 24.0 Å². The number of guanidine groups is 1. The summed E-state index contributed by atoms with van der Waals surface area (Å²) in [5, 5.41) is 11.0. The minimum Gasteiger partial charge on any atom is -0.492 e. The molecule has 0 aliphatic heterocycles. The van der Waals surface area contributed by atoms with Crippen molar-refractivity contribution in [1.82, 2.24) is 20.4 Å². The van der Waals surface area contributed by atoms with E-state index in [4.69, 9.17) is 4.74 Å². The molecule has 0 saturated heterocycles. The molecule has 0 amide bonds. The van der Waals surface area contributed by atoms with Gasteiger partial charge in [0.2, 0.25) is 0 Å². The minimum absolute atomic E-state index is 0. The Morgan fingerprint density at radius 2 is 1.84 bits per heavy atom. The van der Waals surface area contributed by atoms with Crippen molar-refractivity contribution in [3.8, 4) is 5.75 Å². The third kappa shape index (κ3) is 6.22. The van der Waals surface area contributed by atoms with Crippen LogP contribution in [-0.2, 0) is 13.6 Å². The Morgan fingerprint density at radius 3 is 2.40 bits per heavy atom. The predicted molar refractivity (Wildman–Crippen MR) is 113 cm³/mol. The van der Waals surface area contributed by atoms with E-state index in [9.17, 15) is 0 Å². The number of nitrogens with zero attached hydrogens (tertiary/aromatic N) is 3. The standard InChI is InChI=1S/C18H27N5O.HI/c1-13-6-8-16(9-7-13)24-11-10-20-18(19-4)21-12-17-14(2)22-23(5)15(17)3;/h6-9H,10-12H2,1-5H3,(H2,19,20,21);1H. The van der Waals surface area contributed by atoms with Crippen molar-refractivity contribution in [1.29, 1.82) is 0 Å². The average molecular weight is 457 g/mol. The first-order valence-electron chi connectivity index (χ1n) is 8.14. The van der Waals surface area contributed by atoms with E-state index >= 15 is 0 Å². The zero-order chi connectivity index (χ0) is 17.5. The van der Waals surface area contributed by atoms with Crippen LogP contribution >= 0.6 is 24.0 Å². The normalized spacial score (nSPS) is 11.0. The van der Waals surface area contributed by atoms with Gasteiger partial charge in [0, 0.05) is 31.9 Å². The maximum atomic E-state index is 5.70. The summed E-state index contributed by atoms with van der Waals surface area (Å²) in [6.45, 7) is 8.11. The molecule has 0 unspecified atom stereocenters. The summed E-state index contributed by atoms with van der Waals surface area (Å²) in [5.74, 6) is 1.64. The largest absolute Gasteiger partial charge is 0.492 e. The van der Waals surface area contributed by atoms with E-state index in [2.05, 4.69) is 34.6 Å². The van der Waals surface area contributed by atoms with Gasteiger partial charge in [-0.25, -0.2) is 0 Å². The number of halogens is 1. The van der Waals surface area contributed by atoms with Crippen molar-refractivity contribution in [2.75, 3.05) is 20.2 Å². The van der Waals surface area contributed by atoms with Crippen LogP contribution in [0.5, 0.6) is 5.75 Å². The molecule has 2 N–H and O–H groups in total. The quantitative estimate of drug-likeness (QED) is 0.303. The molecule has 0 fully saturated rings. The maximum absolute atomic E-state index is 5.70. The Labute approximate surface area is 167 Å². The summed E-state index contributed by atoms with van der Waals surface area (Å²) in [4.78, 5) is 4.24. The summed E-state index contributed by atoms with van der Waals surface area (Å²) in [7, 11) is 3.72. The highest BCUT2D eigenvalue weighted by Crippen LogP contribution is 2.11. The lowest BCUT2D eigenvalue weighted by atomic mass is 10.2. The van der Waals surface area contributed by atoms with E-state index in [1.54, 1.807) is 7.05 Å². The third-order valence-electron chi connectivity index (χ3n) is 4.00. The maximum Gasteiger partial charge on any atom is 0.191 e. The molecule has 0 spiro atoms. The van der Waals surface area contributed by atoms with Crippen molar-refractivity contribution in [3.63, 3.8) is 0 Å². The van der Waals surface area contributed by atoms with Crippen LogP contribution in [0, 0.1) is 20.8 Å². The van der Waals surface area contributed by atoms with Gasteiger partial charge in [-0.3, -0.25) is 9.67 Å². The first-order chi connectivity index (χ1) is 11.5. The number of hydrogen-bond acceptors (Lipinski definition) is 3. The van der Waals surface area contributed by atoms with Crippen LogP contribution in [0.25, 0.3) is 0 Å². The molecule has 0 bridgehead atoms. The summed E-state index contributed by atoms with van der Waals surface area (Å²) >= 11 is 0. The Bertz CT molecular complexity index is 694. The smallest absolute Gasteiger partial charge is 0.191 e. The molecule has 6 nitrogen and oxygen atoms in total. The molecular weight excluding hydrogens is 429 g/mol. The van der Waals surface area contributed by atoms with Crippen molar-refractivity contribution in [2.45, 2.75) is 27.3 Å². The molecular formula is C18H28IN5O. The van der Waals surface area contributed by atoms with Crippen molar-refractivity contribution < 1.29 is 4.74 Å². The van der Waals surface area contributed by atoms with Gasteiger partial charge >= 0.3 is 0 Å². The summed E-state index contributed by atoms with van der Waals surface area (Å²) in [6, 6.07) is 8.05. The van der Waals surface area contributed by atoms with E-state index in [1.165, 1.54) is 11.1 Å². The topological polar surface area (TPSA) is 63.5 Å². The molecule has 1 aromatic heterocycles. The van der Waals surface area contributed by atoms with Crippen molar-refractivity contribution in [3.05, 3.63) is 46.8 Å². The van der Waals surface area contributed by atoms with E-state index in [0.29, 0.717) is 19.7 Å². The van der Waals surface area contributed by atoms with Gasteiger partial charge in [0.1, 0.15) is 12.4 Å². The van der Waals surface area contributed by atoms with Crippen LogP contribution in [0.2, 0.25) is 0 Å². The van der Waals surface area contributed by atoms with Crippen LogP contribution < -0.4 is 15.4 Å². The molecule has 0 aliphatic carbocycles. The van der Waals surface area contributed by atoms with Gasteiger partial charge in [-0.1, -0.05) is 17.7 Å². The van der Waals surface area contributed by atoms with Crippen LogP contribution in [0.15, 0.2) is 29.3 Å². The Morgan fingerprint density at radius 1 is 1.16 bits per heavy atom. The van der Waals surface area contributed by atoms with Crippen LogP contribution in [0.3, 0.4) is 0 Å². The van der Waals surface area contributed by atoms with Gasteiger partial charge in [0.15, 0.2) is 5.96 Å². The van der Waals surface area contributed by atoms with Crippen molar-refractivity contribution in [2.24, 2.45) is 12.0 Å². The molecule has 0 atom stereocenters. The molecule has 0 radical (unpaired) electrons. The van der Waals surface area contributed by atoms with Gasteiger partial charge in [-0.2, -0.15) is 5.10 Å². The molecule has 25 heavy (non-hydrogen) atoms. The summed E-state index contributed by atoms with van der Waals surface area (Å²) < 4.78 is 7.60. The lowest BCUT2D eigenvalue weighted by Crippen LogP contribution is -2.39. The number of hydrogen-bond donors (Lipinski definition) is 2. The van der Waals surface area contributed by atoms with E-state index in [-0.39, 0.29) is 24.0 Å². The fourth-order valence-electron chi connectivity index (χ4n) is 2.44. The predicted octanol–water partition coefficient (Wildman–Crippen LogP) is 2.71. The monoisotopic (exact) mass is 457 g/mol. The summed E-state index contributed by atoms with van der Waals surface area (Å²) in [6.07, 6.45) is 0. The molecule has 1 heterocycles. The Kier molecular flexibility index (Phi) is 8.74. The third-order valence-corrected chi connectivity index (χ3v) is 4.00. The fourth-order valence-corrected chi connectivity index (χ4v) is 2.44. The number of aromatic nitrogens is 2. The average Bonchev–Trinajstić information content (AvgIpc) is 2.81. The molecule has 1 aromatic carbocycles. The molecule has 0 saturated carbocycles. The number of nitrogens with one attached hydrogen (secondary N) is 2. The van der Waals surface area contributed by atoms with Crippen LogP contribution in [0.4, 0.5) is 0 Å². The van der Waals surface area contributed by atoms with Gasteiger partial charge in [0.05, 0.1) is 12.2 Å². The first-order valence-corrected chi connectivity index (χ1v) is 8.14. The second kappa shape index (κ2) is 10.3. The Balaban J connectivity index is 0.00000312. The molecule has 0 aliphatic rings. The zero-order valence-electron chi connectivity index (χ0n) is 15.6. The highest BCUT2D eigenvalue weighted by molar-refractivity contribution is 14.0. The number of ether oxygens (including phenoxy) is 1. The highest BCUT2D eigenvalue weighted by atomic mass is 127. The number of benzene rings is 1. The number of aliphatic imine (C=N–C) groups is 1. The summed E-state index contributed by atoms with van der Waals surface area (Å²) in [5.41, 5.74) is 4.64. The van der Waals surface area contributed by atoms with E-state index in [1.807, 2.05) is 42.9 Å². The molecule has 2 aromatic rings. The number of aryl methyl sites for hydroxylation is 3. The van der Waals surface area contributed by atoms with Crippen LogP contribution in [-0.4, -0.2) is 35.9 Å².